The molecule has 16 nitrogen and oxygen atoms in total. The van der Waals surface area contributed by atoms with Gasteiger partial charge in [0.1, 0.15) is 30.5 Å². The first-order valence-electron chi connectivity index (χ1n) is 18.5. The quantitative estimate of drug-likeness (QED) is 0.0623. The molecule has 0 aliphatic carbocycles. The van der Waals surface area contributed by atoms with Crippen LogP contribution in [0.25, 0.3) is 10.9 Å². The van der Waals surface area contributed by atoms with Gasteiger partial charge in [0.05, 0.1) is 12.6 Å². The van der Waals surface area contributed by atoms with E-state index in [2.05, 4.69) is 37.1 Å². The maximum Gasteiger partial charge on any atom is 0.408 e. The van der Waals surface area contributed by atoms with Gasteiger partial charge in [-0.3, -0.25) is 34.8 Å². The van der Waals surface area contributed by atoms with Crippen molar-refractivity contribution in [1.82, 2.24) is 37.1 Å². The third kappa shape index (κ3) is 13.9. The largest absolute Gasteiger partial charge is 0.508 e. The maximum absolute atomic E-state index is 13.6. The Labute approximate surface area is 346 Å². The summed E-state index contributed by atoms with van der Waals surface area (Å²) >= 11 is 0. The van der Waals surface area contributed by atoms with Crippen LogP contribution in [0.1, 0.15) is 29.2 Å². The number of nitrogens with two attached hydrogens (primary N) is 1. The van der Waals surface area contributed by atoms with Gasteiger partial charge in [-0.25, -0.2) is 4.79 Å². The number of hydrogen-bond donors (Lipinski definition) is 9. The number of nitrogens with one attached hydrogen (secondary N) is 7. The van der Waals surface area contributed by atoms with Crippen LogP contribution in [0.15, 0.2) is 115 Å². The lowest BCUT2D eigenvalue weighted by Crippen LogP contribution is -2.58. The normalized spacial score (nSPS) is 12.6. The second kappa shape index (κ2) is 22.1. The number of phenols is 1. The van der Waals surface area contributed by atoms with Crippen molar-refractivity contribution in [2.75, 3.05) is 6.54 Å². The molecule has 0 saturated heterocycles. The van der Waals surface area contributed by atoms with Gasteiger partial charge in [-0.1, -0.05) is 91.0 Å². The molecular formula is C42H47ClN8O8. The Morgan fingerprint density at radius 1 is 0.661 bits per heavy atom. The molecule has 0 spiro atoms. The highest BCUT2D eigenvalue weighted by Gasteiger charge is 2.27. The average molecular weight is 827 g/mol. The maximum atomic E-state index is 13.6. The zero-order chi connectivity index (χ0) is 41.4. The van der Waals surface area contributed by atoms with E-state index < -0.39 is 66.3 Å². The number of aromatic hydroxyl groups is 1. The number of amides is 6. The van der Waals surface area contributed by atoms with Gasteiger partial charge in [0.25, 0.3) is 11.8 Å². The van der Waals surface area contributed by atoms with Gasteiger partial charge in [-0.2, -0.15) is 0 Å². The number of carbonyl (C=O) groups is 6. The summed E-state index contributed by atoms with van der Waals surface area (Å²) in [6, 6.07) is 27.1. The first kappa shape index (κ1) is 44.8. The number of hydrogen-bond acceptors (Lipinski definition) is 9. The smallest absolute Gasteiger partial charge is 0.408 e. The molecule has 0 aliphatic heterocycles. The summed E-state index contributed by atoms with van der Waals surface area (Å²) < 4.78 is 5.36. The Balaban J connectivity index is 0.00000769. The molecule has 0 bridgehead atoms. The fourth-order valence-electron chi connectivity index (χ4n) is 5.92. The Kier molecular flexibility index (Phi) is 16.8. The van der Waals surface area contributed by atoms with Gasteiger partial charge in [-0.15, -0.1) is 12.4 Å². The van der Waals surface area contributed by atoms with Crippen molar-refractivity contribution >= 4 is 58.9 Å². The summed E-state index contributed by atoms with van der Waals surface area (Å²) in [6.45, 7) is 0.859. The van der Waals surface area contributed by atoms with Gasteiger partial charge in [0, 0.05) is 29.9 Å². The van der Waals surface area contributed by atoms with E-state index in [1.807, 2.05) is 30.3 Å². The molecular weight excluding hydrogens is 780 g/mol. The summed E-state index contributed by atoms with van der Waals surface area (Å²) in [7, 11) is 0. The van der Waals surface area contributed by atoms with Crippen molar-refractivity contribution < 1.29 is 38.6 Å². The van der Waals surface area contributed by atoms with E-state index in [1.165, 1.54) is 19.1 Å². The minimum Gasteiger partial charge on any atom is -0.508 e. The minimum absolute atomic E-state index is 0. The third-order valence-electron chi connectivity index (χ3n) is 9.07. The number of halogens is 1. The van der Waals surface area contributed by atoms with Crippen molar-refractivity contribution in [3.8, 4) is 5.75 Å². The number of H-pyrrole nitrogens is 1. The highest BCUT2D eigenvalue weighted by Crippen LogP contribution is 2.19. The lowest BCUT2D eigenvalue weighted by atomic mass is 10.0. The minimum atomic E-state index is -1.21. The molecule has 59 heavy (non-hydrogen) atoms. The Hall–Kier alpha value is -6.91. The number of benzene rings is 4. The Bertz CT molecular complexity index is 2190. The highest BCUT2D eigenvalue weighted by atomic mass is 35.5. The molecule has 1 aromatic heterocycles. The topological polar surface area (TPSA) is 246 Å². The van der Waals surface area contributed by atoms with Crippen molar-refractivity contribution in [2.45, 2.75) is 57.0 Å². The van der Waals surface area contributed by atoms with Crippen LogP contribution < -0.4 is 37.9 Å². The first-order valence-corrected chi connectivity index (χ1v) is 18.5. The third-order valence-corrected chi connectivity index (χ3v) is 9.07. The number of alkyl carbamates (subject to hydrolysis) is 1. The van der Waals surface area contributed by atoms with Crippen molar-refractivity contribution in [3.63, 3.8) is 0 Å². The molecule has 10 N–H and O–H groups in total. The van der Waals surface area contributed by atoms with Crippen LogP contribution in [0.4, 0.5) is 4.79 Å². The second-order valence-corrected chi connectivity index (χ2v) is 13.5. The lowest BCUT2D eigenvalue weighted by Gasteiger charge is -2.22. The summed E-state index contributed by atoms with van der Waals surface area (Å²) in [4.78, 5) is 81.7. The van der Waals surface area contributed by atoms with Crippen molar-refractivity contribution in [1.29, 1.82) is 0 Å². The summed E-state index contributed by atoms with van der Waals surface area (Å²) in [6.07, 6.45) is 1.11. The summed E-state index contributed by atoms with van der Waals surface area (Å²) in [5.41, 5.74) is 14.5. The average Bonchev–Trinajstić information content (AvgIpc) is 3.64. The molecule has 5 aromatic rings. The van der Waals surface area contributed by atoms with Crippen LogP contribution in [0.5, 0.6) is 5.75 Å². The van der Waals surface area contributed by atoms with Gasteiger partial charge >= 0.3 is 6.09 Å². The molecule has 310 valence electrons. The van der Waals surface area contributed by atoms with E-state index in [4.69, 9.17) is 10.5 Å². The monoisotopic (exact) mass is 826 g/mol. The van der Waals surface area contributed by atoms with E-state index in [-0.39, 0.29) is 44.0 Å². The first-order chi connectivity index (χ1) is 27.9. The van der Waals surface area contributed by atoms with E-state index in [9.17, 15) is 33.9 Å². The number of para-hydroxylation sites is 1. The van der Waals surface area contributed by atoms with Crippen LogP contribution in [-0.4, -0.2) is 76.4 Å². The lowest BCUT2D eigenvalue weighted by molar-refractivity contribution is -0.133. The predicted molar refractivity (Wildman–Crippen MR) is 222 cm³/mol. The van der Waals surface area contributed by atoms with Crippen LogP contribution >= 0.6 is 12.4 Å². The molecule has 4 atom stereocenters. The van der Waals surface area contributed by atoms with Gasteiger partial charge < -0.3 is 41.8 Å². The molecule has 5 rings (SSSR count). The van der Waals surface area contributed by atoms with E-state index >= 15 is 0 Å². The molecule has 0 saturated carbocycles. The fraction of sp³-hybridized carbons (Fsp3) is 0.238. The number of phenolic OH excluding ortho intramolecular Hbond substituents is 1. The Morgan fingerprint density at radius 2 is 1.24 bits per heavy atom. The number of aromatic nitrogens is 1. The number of fused-ring (bicyclic) bond motifs is 1. The van der Waals surface area contributed by atoms with Gasteiger partial charge in [-0.05, 0) is 53.8 Å². The van der Waals surface area contributed by atoms with Crippen LogP contribution in [0.3, 0.4) is 0 Å². The second-order valence-electron chi connectivity index (χ2n) is 13.5. The number of aromatic amines is 1. The van der Waals surface area contributed by atoms with E-state index in [0.717, 1.165) is 22.0 Å². The summed E-state index contributed by atoms with van der Waals surface area (Å²) in [5.74, 6) is -3.45. The number of hydrazine groups is 1. The van der Waals surface area contributed by atoms with Crippen LogP contribution in [0, 0.1) is 0 Å². The van der Waals surface area contributed by atoms with Gasteiger partial charge in [0.15, 0.2) is 0 Å². The SMILES string of the molecule is C[C@@H](NC(=O)[C@@H](N)Cc1ccc(O)cc1)C(=O)NCC(=O)N[C@@H](Cc1ccccc1)C(=O)NNC(=O)[C@@H](Cc1c[nH]c2ccccc12)NC(=O)OCc1ccccc1.Cl. The fourth-order valence-corrected chi connectivity index (χ4v) is 5.92. The number of carbonyl (C=O) groups excluding carboxylic acids is 6. The molecule has 0 radical (unpaired) electrons. The standard InChI is InChI=1S/C42H46N8O8.ClH/c1-26(46-39(54)33(43)20-28-16-18-31(51)19-17-28)38(53)45-24-37(52)47-35(21-27-10-4-2-5-11-27)40(55)49-50-41(56)36(22-30-23-44-34-15-9-8-14-32(30)34)48-42(57)58-25-29-12-6-3-7-13-29;/h2-19,23,26,33,35-36,44,51H,20-22,24-25,43H2,1H3,(H,45,53)(H,46,54)(H,47,52)(H,48,57)(H,49,55)(H,50,56);1H/t26-,33+,35+,36-;/m1./s1. The van der Waals surface area contributed by atoms with Crippen LogP contribution in [-0.2, 0) is 54.6 Å². The molecule has 17 heteroatoms. The molecule has 4 aromatic carbocycles. The number of ether oxygens (including phenoxy) is 1. The molecule has 6 amide bonds. The van der Waals surface area contributed by atoms with Crippen molar-refractivity contribution in [2.24, 2.45) is 5.73 Å². The van der Waals surface area contributed by atoms with Crippen molar-refractivity contribution in [3.05, 3.63) is 138 Å². The zero-order valence-electron chi connectivity index (χ0n) is 32.1. The molecule has 1 heterocycles. The Morgan fingerprint density at radius 3 is 1.90 bits per heavy atom. The summed E-state index contributed by atoms with van der Waals surface area (Å²) in [5, 5.41) is 20.4. The van der Waals surface area contributed by atoms with Gasteiger partial charge in [0.2, 0.25) is 17.7 Å². The predicted octanol–water partition coefficient (Wildman–Crippen LogP) is 2.20. The van der Waals surface area contributed by atoms with E-state index in [1.54, 1.807) is 72.9 Å². The molecule has 0 aliphatic rings. The number of rotatable bonds is 17. The molecule has 0 fully saturated rings. The van der Waals surface area contributed by atoms with Crippen LogP contribution in [0.2, 0.25) is 0 Å². The highest BCUT2D eigenvalue weighted by molar-refractivity contribution is 5.94. The zero-order valence-corrected chi connectivity index (χ0v) is 32.9. The molecule has 0 unspecified atom stereocenters. The van der Waals surface area contributed by atoms with E-state index in [0.29, 0.717) is 11.1 Å².